The maximum atomic E-state index is 12.7. The number of hydrogen-bond donors (Lipinski definition) is 0. The summed E-state index contributed by atoms with van der Waals surface area (Å²) in [6.45, 7) is 2.24. The summed E-state index contributed by atoms with van der Waals surface area (Å²) >= 11 is 6.29. The maximum Gasteiger partial charge on any atom is 0.336 e. The van der Waals surface area contributed by atoms with Crippen LogP contribution in [0.15, 0.2) is 57.7 Å². The molecule has 0 amide bonds. The van der Waals surface area contributed by atoms with Gasteiger partial charge in [0.2, 0.25) is 0 Å². The zero-order chi connectivity index (χ0) is 23.1. The van der Waals surface area contributed by atoms with Crippen molar-refractivity contribution in [2.24, 2.45) is 0 Å². The van der Waals surface area contributed by atoms with Gasteiger partial charge in [-0.1, -0.05) is 30.3 Å². The summed E-state index contributed by atoms with van der Waals surface area (Å²) in [5, 5.41) is -0.346. The lowest BCUT2D eigenvalue weighted by atomic mass is 10.0. The molecule has 0 aliphatic carbocycles. The molecule has 32 heavy (non-hydrogen) atoms. The fourth-order valence-electron chi connectivity index (χ4n) is 3.15. The Morgan fingerprint density at radius 3 is 2.56 bits per heavy atom. The third kappa shape index (κ3) is 5.96. The molecule has 0 radical (unpaired) electrons. The number of halogens is 1. The number of benzene rings is 2. The number of methoxy groups -OCH3 is 1. The molecule has 0 fully saturated rings. The summed E-state index contributed by atoms with van der Waals surface area (Å²) in [5.41, 5.74) is 1.64. The Balaban J connectivity index is 1.88. The first-order chi connectivity index (χ1) is 15.4. The highest BCUT2D eigenvalue weighted by Gasteiger charge is 2.22. The molecule has 0 bridgehead atoms. The van der Waals surface area contributed by atoms with Crippen LogP contribution in [0.3, 0.4) is 0 Å². The van der Waals surface area contributed by atoms with Crippen molar-refractivity contribution in [1.82, 2.24) is 0 Å². The van der Waals surface area contributed by atoms with E-state index in [1.165, 1.54) is 19.2 Å². The number of alkyl halides is 1. The Bertz CT molecular complexity index is 1150. The van der Waals surface area contributed by atoms with Crippen molar-refractivity contribution >= 4 is 34.5 Å². The van der Waals surface area contributed by atoms with Crippen molar-refractivity contribution in [1.29, 1.82) is 0 Å². The Labute approximate surface area is 189 Å². The van der Waals surface area contributed by atoms with Crippen LogP contribution < -0.4 is 10.4 Å². The third-order valence-corrected chi connectivity index (χ3v) is 5.22. The smallest absolute Gasteiger partial charge is 0.336 e. The van der Waals surface area contributed by atoms with E-state index in [2.05, 4.69) is 0 Å². The Kier molecular flexibility index (Phi) is 8.03. The number of hydrogen-bond acceptors (Lipinski definition) is 7. The normalized spacial score (nSPS) is 11.8. The summed E-state index contributed by atoms with van der Waals surface area (Å²) in [6.07, 6.45) is 0.319. The molecule has 1 atom stereocenters. The number of carbonyl (C=O) groups excluding carboxylic acids is 2. The molecule has 7 nitrogen and oxygen atoms in total. The molecule has 0 saturated heterocycles. The van der Waals surface area contributed by atoms with Crippen molar-refractivity contribution in [3.05, 3.63) is 75.6 Å². The van der Waals surface area contributed by atoms with Crippen LogP contribution in [0.1, 0.15) is 28.5 Å². The Morgan fingerprint density at radius 2 is 1.84 bits per heavy atom. The molecular weight excluding hydrogens is 436 g/mol. The first-order valence-electron chi connectivity index (χ1n) is 10.0. The van der Waals surface area contributed by atoms with Gasteiger partial charge in [-0.15, -0.1) is 11.6 Å². The van der Waals surface area contributed by atoms with Gasteiger partial charge in [-0.05, 0) is 36.1 Å². The SMILES string of the molecule is COCCOC(=O)CCc1cc2c(C)cc(=O)oc2cc1OC(=O)C(Cl)c1ccccc1. The van der Waals surface area contributed by atoms with Crippen LogP contribution in [-0.2, 0) is 25.5 Å². The lowest BCUT2D eigenvalue weighted by molar-refractivity contribution is -0.144. The van der Waals surface area contributed by atoms with Gasteiger partial charge >= 0.3 is 17.6 Å². The van der Waals surface area contributed by atoms with E-state index in [9.17, 15) is 14.4 Å². The van der Waals surface area contributed by atoms with Gasteiger partial charge in [0.05, 0.1) is 6.61 Å². The molecule has 0 aliphatic rings. The second kappa shape index (κ2) is 10.9. The number of fused-ring (bicyclic) bond motifs is 1. The van der Waals surface area contributed by atoms with E-state index in [-0.39, 0.29) is 30.8 Å². The van der Waals surface area contributed by atoms with Crippen LogP contribution in [-0.4, -0.2) is 32.3 Å². The van der Waals surface area contributed by atoms with Crippen molar-refractivity contribution in [2.75, 3.05) is 20.3 Å². The second-order valence-corrected chi connectivity index (χ2v) is 7.55. The van der Waals surface area contributed by atoms with E-state index >= 15 is 0 Å². The quantitative estimate of drug-likeness (QED) is 0.157. The molecule has 3 aromatic rings. The molecule has 0 N–H and O–H groups in total. The maximum absolute atomic E-state index is 12.7. The number of aryl methyl sites for hydroxylation is 2. The van der Waals surface area contributed by atoms with Gasteiger partial charge < -0.3 is 18.6 Å². The van der Waals surface area contributed by atoms with Crippen molar-refractivity contribution in [2.45, 2.75) is 25.1 Å². The van der Waals surface area contributed by atoms with Gasteiger partial charge in [-0.2, -0.15) is 0 Å². The lowest BCUT2D eigenvalue weighted by Crippen LogP contribution is -2.16. The van der Waals surface area contributed by atoms with Gasteiger partial charge in [-0.3, -0.25) is 4.79 Å². The van der Waals surface area contributed by atoms with E-state index in [0.717, 1.165) is 0 Å². The number of carbonyl (C=O) groups is 2. The topological polar surface area (TPSA) is 92.0 Å². The fraction of sp³-hybridized carbons (Fsp3) is 0.292. The van der Waals surface area contributed by atoms with Crippen molar-refractivity contribution in [3.8, 4) is 5.75 Å². The first-order valence-corrected chi connectivity index (χ1v) is 10.5. The standard InChI is InChI=1S/C24H23ClO7/c1-15-12-22(27)31-20-14-19(32-24(28)23(25)16-6-4-3-5-7-16)17(13-18(15)20)8-9-21(26)30-11-10-29-2/h3-7,12-14,23H,8-11H2,1-2H3. The molecule has 1 unspecified atom stereocenters. The summed E-state index contributed by atoms with van der Waals surface area (Å²) in [5.74, 6) is -0.922. The summed E-state index contributed by atoms with van der Waals surface area (Å²) in [7, 11) is 1.52. The molecular formula is C24H23ClO7. The van der Waals surface area contributed by atoms with Gasteiger partial charge in [0.25, 0.3) is 0 Å². The molecule has 8 heteroatoms. The molecule has 0 spiro atoms. The molecule has 1 aromatic heterocycles. The zero-order valence-corrected chi connectivity index (χ0v) is 18.5. The predicted octanol–water partition coefficient (Wildman–Crippen LogP) is 4.11. The first kappa shape index (κ1) is 23.5. The highest BCUT2D eigenvalue weighted by Crippen LogP contribution is 2.31. The van der Waals surface area contributed by atoms with E-state index in [4.69, 9.17) is 30.2 Å². The average molecular weight is 459 g/mol. The minimum absolute atomic E-state index is 0.0680. The molecule has 2 aromatic carbocycles. The fourth-order valence-corrected chi connectivity index (χ4v) is 3.34. The number of esters is 2. The van der Waals surface area contributed by atoms with Gasteiger partial charge in [0.15, 0.2) is 5.38 Å². The molecule has 0 aliphatic heterocycles. The highest BCUT2D eigenvalue weighted by atomic mass is 35.5. The summed E-state index contributed by atoms with van der Waals surface area (Å²) in [4.78, 5) is 36.5. The second-order valence-electron chi connectivity index (χ2n) is 7.11. The third-order valence-electron chi connectivity index (χ3n) is 4.79. The Hall–Kier alpha value is -3.16. The monoisotopic (exact) mass is 458 g/mol. The van der Waals surface area contributed by atoms with Crippen LogP contribution in [0, 0.1) is 6.92 Å². The van der Waals surface area contributed by atoms with Crippen molar-refractivity contribution in [3.63, 3.8) is 0 Å². The number of ether oxygens (including phenoxy) is 3. The van der Waals surface area contributed by atoms with Gasteiger partial charge in [0, 0.05) is 31.0 Å². The highest BCUT2D eigenvalue weighted by molar-refractivity contribution is 6.30. The van der Waals surface area contributed by atoms with Crippen LogP contribution in [0.5, 0.6) is 5.75 Å². The summed E-state index contributed by atoms with van der Waals surface area (Å²) < 4.78 is 20.8. The van der Waals surface area contributed by atoms with Crippen molar-refractivity contribution < 1.29 is 28.2 Å². The van der Waals surface area contributed by atoms with Crippen LogP contribution in [0.4, 0.5) is 0 Å². The van der Waals surface area contributed by atoms with Gasteiger partial charge in [0.1, 0.15) is 17.9 Å². The minimum atomic E-state index is -1.02. The van der Waals surface area contributed by atoms with Crippen LogP contribution in [0.25, 0.3) is 11.0 Å². The largest absolute Gasteiger partial charge is 0.463 e. The molecule has 168 valence electrons. The van der Waals surface area contributed by atoms with Crippen LogP contribution >= 0.6 is 11.6 Å². The van der Waals surface area contributed by atoms with E-state index in [0.29, 0.717) is 28.7 Å². The summed E-state index contributed by atoms with van der Waals surface area (Å²) in [6, 6.07) is 13.4. The zero-order valence-electron chi connectivity index (χ0n) is 17.8. The van der Waals surface area contributed by atoms with E-state index < -0.39 is 22.9 Å². The van der Waals surface area contributed by atoms with E-state index in [1.807, 2.05) is 6.07 Å². The predicted molar refractivity (Wildman–Crippen MR) is 119 cm³/mol. The minimum Gasteiger partial charge on any atom is -0.463 e. The molecule has 1 heterocycles. The van der Waals surface area contributed by atoms with Crippen LogP contribution in [0.2, 0.25) is 0 Å². The Morgan fingerprint density at radius 1 is 1.09 bits per heavy atom. The molecule has 3 rings (SSSR count). The molecule has 0 saturated carbocycles. The number of rotatable bonds is 9. The lowest BCUT2D eigenvalue weighted by Gasteiger charge is -2.14. The van der Waals surface area contributed by atoms with Gasteiger partial charge in [-0.25, -0.2) is 9.59 Å². The average Bonchev–Trinajstić information content (AvgIpc) is 2.78. The van der Waals surface area contributed by atoms with E-state index in [1.54, 1.807) is 37.3 Å².